The number of hydrogen-bond donors (Lipinski definition) is 2. The molecule has 2 atom stereocenters. The number of nitrogens with two attached hydrogens (primary N) is 1. The minimum atomic E-state index is 0. The van der Waals surface area contributed by atoms with Gasteiger partial charge in [0.25, 0.3) is 0 Å². The summed E-state index contributed by atoms with van der Waals surface area (Å²) >= 11 is 0. The first-order valence-corrected chi connectivity index (χ1v) is 6.89. The SMILES string of the molecule is CCN1CCCCC1CNC(=O)CCC(C)N.Cl.Cl. The number of carbonyl (C=O) groups excluding carboxylic acids is 1. The maximum Gasteiger partial charge on any atom is 0.220 e. The summed E-state index contributed by atoms with van der Waals surface area (Å²) < 4.78 is 0. The Kier molecular flexibility index (Phi) is 13.2. The summed E-state index contributed by atoms with van der Waals surface area (Å²) in [6, 6.07) is 0.649. The van der Waals surface area contributed by atoms with Gasteiger partial charge in [0.15, 0.2) is 0 Å². The predicted octanol–water partition coefficient (Wildman–Crippen LogP) is 1.95. The molecule has 4 nitrogen and oxygen atoms in total. The van der Waals surface area contributed by atoms with E-state index >= 15 is 0 Å². The van der Waals surface area contributed by atoms with Crippen molar-refractivity contribution in [2.24, 2.45) is 5.73 Å². The second kappa shape index (κ2) is 11.8. The molecule has 6 heteroatoms. The lowest BCUT2D eigenvalue weighted by molar-refractivity contribution is -0.121. The summed E-state index contributed by atoms with van der Waals surface area (Å²) in [5.41, 5.74) is 5.64. The van der Waals surface area contributed by atoms with Crippen molar-refractivity contribution in [3.05, 3.63) is 0 Å². The smallest absolute Gasteiger partial charge is 0.220 e. The third kappa shape index (κ3) is 8.69. The lowest BCUT2D eigenvalue weighted by Gasteiger charge is -2.34. The summed E-state index contributed by atoms with van der Waals surface area (Å²) in [6.07, 6.45) is 5.12. The molecule has 2 unspecified atom stereocenters. The quantitative estimate of drug-likeness (QED) is 0.788. The zero-order valence-corrected chi connectivity index (χ0v) is 13.7. The van der Waals surface area contributed by atoms with Crippen LogP contribution >= 0.6 is 24.8 Å². The normalized spacial score (nSPS) is 20.9. The highest BCUT2D eigenvalue weighted by atomic mass is 35.5. The summed E-state index contributed by atoms with van der Waals surface area (Å²) in [5, 5.41) is 3.04. The van der Waals surface area contributed by atoms with Crippen molar-refractivity contribution in [1.29, 1.82) is 0 Å². The lowest BCUT2D eigenvalue weighted by Crippen LogP contribution is -2.46. The van der Waals surface area contributed by atoms with Crippen molar-refractivity contribution < 1.29 is 4.79 Å². The number of nitrogens with zero attached hydrogens (tertiary/aromatic N) is 1. The van der Waals surface area contributed by atoms with E-state index in [0.717, 1.165) is 19.5 Å². The van der Waals surface area contributed by atoms with E-state index in [0.29, 0.717) is 12.5 Å². The second-order valence-corrected chi connectivity index (χ2v) is 5.10. The van der Waals surface area contributed by atoms with Gasteiger partial charge in [-0.3, -0.25) is 9.69 Å². The van der Waals surface area contributed by atoms with Gasteiger partial charge >= 0.3 is 0 Å². The lowest BCUT2D eigenvalue weighted by atomic mass is 10.0. The molecular formula is C13H29Cl2N3O. The Hall–Kier alpha value is -0.0300. The van der Waals surface area contributed by atoms with Gasteiger partial charge in [0.05, 0.1) is 0 Å². The van der Waals surface area contributed by atoms with Crippen molar-refractivity contribution >= 4 is 30.7 Å². The van der Waals surface area contributed by atoms with Crippen LogP contribution in [0.15, 0.2) is 0 Å². The molecule has 0 aromatic carbocycles. The molecule has 1 heterocycles. The topological polar surface area (TPSA) is 58.4 Å². The van der Waals surface area contributed by atoms with Gasteiger partial charge in [0, 0.05) is 25.0 Å². The molecule has 3 N–H and O–H groups in total. The predicted molar refractivity (Wildman–Crippen MR) is 85.3 cm³/mol. The summed E-state index contributed by atoms with van der Waals surface area (Å²) in [6.45, 7) is 7.19. The van der Waals surface area contributed by atoms with Crippen LogP contribution in [0.5, 0.6) is 0 Å². The molecular weight excluding hydrogens is 285 g/mol. The molecule has 0 aromatic heterocycles. The van der Waals surface area contributed by atoms with Crippen molar-refractivity contribution in [2.45, 2.75) is 58.0 Å². The van der Waals surface area contributed by atoms with Gasteiger partial charge in [-0.15, -0.1) is 24.8 Å². The number of piperidine rings is 1. The molecule has 0 spiro atoms. The van der Waals surface area contributed by atoms with Gasteiger partial charge in [-0.2, -0.15) is 0 Å². The standard InChI is InChI=1S/C13H27N3O.2ClH/c1-3-16-9-5-4-6-12(16)10-15-13(17)8-7-11(2)14;;/h11-12H,3-10,14H2,1-2H3,(H,15,17);2*1H. The highest BCUT2D eigenvalue weighted by Crippen LogP contribution is 2.15. The highest BCUT2D eigenvalue weighted by Gasteiger charge is 2.20. The zero-order valence-electron chi connectivity index (χ0n) is 12.1. The van der Waals surface area contributed by atoms with Crippen molar-refractivity contribution in [3.63, 3.8) is 0 Å². The Labute approximate surface area is 129 Å². The molecule has 0 saturated carbocycles. The van der Waals surface area contributed by atoms with Gasteiger partial charge in [-0.1, -0.05) is 13.3 Å². The van der Waals surface area contributed by atoms with Gasteiger partial charge < -0.3 is 11.1 Å². The van der Waals surface area contributed by atoms with Crippen LogP contribution in [-0.4, -0.2) is 42.5 Å². The number of likely N-dealkylation sites (tertiary alicyclic amines) is 1. The van der Waals surface area contributed by atoms with Crippen LogP contribution in [-0.2, 0) is 4.79 Å². The molecule has 0 bridgehead atoms. The van der Waals surface area contributed by atoms with Gasteiger partial charge in [0.2, 0.25) is 5.91 Å². The van der Waals surface area contributed by atoms with Gasteiger partial charge in [-0.05, 0) is 39.3 Å². The molecule has 1 aliphatic rings. The van der Waals surface area contributed by atoms with Crippen LogP contribution in [0.25, 0.3) is 0 Å². The van der Waals surface area contributed by atoms with E-state index < -0.39 is 0 Å². The van der Waals surface area contributed by atoms with Gasteiger partial charge in [-0.25, -0.2) is 0 Å². The third-order valence-corrected chi connectivity index (χ3v) is 3.52. The van der Waals surface area contributed by atoms with Crippen LogP contribution in [0.4, 0.5) is 0 Å². The van der Waals surface area contributed by atoms with Crippen molar-refractivity contribution in [1.82, 2.24) is 10.2 Å². The average Bonchev–Trinajstić information content (AvgIpc) is 2.34. The molecule has 0 aromatic rings. The number of amides is 1. The van der Waals surface area contributed by atoms with E-state index in [1.165, 1.54) is 25.8 Å². The van der Waals surface area contributed by atoms with Crippen LogP contribution in [0.2, 0.25) is 0 Å². The molecule has 1 fully saturated rings. The third-order valence-electron chi connectivity index (χ3n) is 3.52. The first-order chi connectivity index (χ1) is 8.13. The first-order valence-electron chi connectivity index (χ1n) is 6.89. The highest BCUT2D eigenvalue weighted by molar-refractivity contribution is 5.85. The second-order valence-electron chi connectivity index (χ2n) is 5.10. The molecule has 19 heavy (non-hydrogen) atoms. The number of carbonyl (C=O) groups is 1. The van der Waals surface area contributed by atoms with E-state index in [1.807, 2.05) is 6.92 Å². The Bertz CT molecular complexity index is 240. The molecule has 1 amide bonds. The molecule has 116 valence electrons. The van der Waals surface area contributed by atoms with E-state index in [9.17, 15) is 4.79 Å². The average molecular weight is 314 g/mol. The zero-order chi connectivity index (χ0) is 12.7. The van der Waals surface area contributed by atoms with E-state index in [4.69, 9.17) is 5.73 Å². The Morgan fingerprint density at radius 2 is 2.11 bits per heavy atom. The Morgan fingerprint density at radius 1 is 1.42 bits per heavy atom. The van der Waals surface area contributed by atoms with E-state index in [2.05, 4.69) is 17.1 Å². The fourth-order valence-corrected chi connectivity index (χ4v) is 2.39. The summed E-state index contributed by atoms with van der Waals surface area (Å²) in [4.78, 5) is 14.1. The first kappa shape index (κ1) is 21.3. The number of nitrogens with one attached hydrogen (secondary N) is 1. The summed E-state index contributed by atoms with van der Waals surface area (Å²) in [5.74, 6) is 0.143. The molecule has 1 rings (SSSR count). The number of halogens is 2. The molecule has 0 aliphatic carbocycles. The number of rotatable bonds is 6. The Balaban J connectivity index is 0. The van der Waals surface area contributed by atoms with Crippen LogP contribution < -0.4 is 11.1 Å². The maximum absolute atomic E-state index is 11.6. The van der Waals surface area contributed by atoms with Crippen LogP contribution in [0.3, 0.4) is 0 Å². The van der Waals surface area contributed by atoms with Gasteiger partial charge in [0.1, 0.15) is 0 Å². The Morgan fingerprint density at radius 3 is 2.68 bits per heavy atom. The fraction of sp³-hybridized carbons (Fsp3) is 0.923. The molecule has 1 aliphatic heterocycles. The minimum Gasteiger partial charge on any atom is -0.355 e. The number of hydrogen-bond acceptors (Lipinski definition) is 3. The largest absolute Gasteiger partial charge is 0.355 e. The summed E-state index contributed by atoms with van der Waals surface area (Å²) in [7, 11) is 0. The van der Waals surface area contributed by atoms with Crippen molar-refractivity contribution in [3.8, 4) is 0 Å². The monoisotopic (exact) mass is 313 g/mol. The fourth-order valence-electron chi connectivity index (χ4n) is 2.39. The molecule has 0 radical (unpaired) electrons. The molecule has 1 saturated heterocycles. The van der Waals surface area contributed by atoms with Crippen LogP contribution in [0.1, 0.15) is 46.0 Å². The number of likely N-dealkylation sites (N-methyl/N-ethyl adjacent to an activating group) is 1. The van der Waals surface area contributed by atoms with Crippen molar-refractivity contribution in [2.75, 3.05) is 19.6 Å². The minimum absolute atomic E-state index is 0. The maximum atomic E-state index is 11.6. The van der Waals surface area contributed by atoms with E-state index in [1.54, 1.807) is 0 Å². The van der Waals surface area contributed by atoms with Crippen LogP contribution in [0, 0.1) is 0 Å². The van der Waals surface area contributed by atoms with E-state index in [-0.39, 0.29) is 36.8 Å².